The molecule has 1 heterocycles. The summed E-state index contributed by atoms with van der Waals surface area (Å²) in [5.74, 6) is 1.39. The summed E-state index contributed by atoms with van der Waals surface area (Å²) >= 11 is 0. The van der Waals surface area contributed by atoms with Gasteiger partial charge in [0.1, 0.15) is 0 Å². The average Bonchev–Trinajstić information content (AvgIpc) is 3.29. The lowest BCUT2D eigenvalue weighted by atomic mass is 9.81. The van der Waals surface area contributed by atoms with Gasteiger partial charge in [0, 0.05) is 29.9 Å². The summed E-state index contributed by atoms with van der Waals surface area (Å²) in [6.07, 6.45) is 7.11. The highest BCUT2D eigenvalue weighted by Gasteiger charge is 2.24. The number of aryl methyl sites for hydroxylation is 2. The zero-order valence-corrected chi connectivity index (χ0v) is 21.2. The fourth-order valence-corrected chi connectivity index (χ4v) is 4.97. The number of ether oxygens (including phenoxy) is 2. The van der Waals surface area contributed by atoms with Crippen LogP contribution >= 0.6 is 0 Å². The van der Waals surface area contributed by atoms with Crippen molar-refractivity contribution in [3.05, 3.63) is 65.0 Å². The summed E-state index contributed by atoms with van der Waals surface area (Å²) in [6, 6.07) is 9.74. The van der Waals surface area contributed by atoms with Crippen LogP contribution in [-0.2, 0) is 7.05 Å². The summed E-state index contributed by atoms with van der Waals surface area (Å²) in [4.78, 5) is 13.4. The van der Waals surface area contributed by atoms with Crippen molar-refractivity contribution >= 4 is 5.91 Å². The van der Waals surface area contributed by atoms with Gasteiger partial charge in [-0.25, -0.2) is 0 Å². The van der Waals surface area contributed by atoms with E-state index in [2.05, 4.69) is 16.5 Å². The number of rotatable bonds is 7. The predicted molar refractivity (Wildman–Crippen MR) is 136 cm³/mol. The molecular weight excluding hydrogens is 442 g/mol. The van der Waals surface area contributed by atoms with Crippen LogP contribution in [0.3, 0.4) is 0 Å². The van der Waals surface area contributed by atoms with E-state index < -0.39 is 0 Å². The van der Waals surface area contributed by atoms with E-state index in [9.17, 15) is 9.90 Å². The van der Waals surface area contributed by atoms with Gasteiger partial charge in [-0.2, -0.15) is 5.10 Å². The topological polar surface area (TPSA) is 85.6 Å². The van der Waals surface area contributed by atoms with Gasteiger partial charge in [0.05, 0.1) is 32.6 Å². The van der Waals surface area contributed by atoms with Gasteiger partial charge in [0.15, 0.2) is 11.5 Å². The maximum Gasteiger partial charge on any atom is 0.252 e. The summed E-state index contributed by atoms with van der Waals surface area (Å²) in [6.45, 7) is 3.92. The zero-order valence-electron chi connectivity index (χ0n) is 21.2. The Hall–Kier alpha value is -3.32. The van der Waals surface area contributed by atoms with Crippen molar-refractivity contribution in [2.45, 2.75) is 57.6 Å². The van der Waals surface area contributed by atoms with Crippen LogP contribution < -0.4 is 14.8 Å². The van der Waals surface area contributed by atoms with E-state index in [1.165, 1.54) is 0 Å². The highest BCUT2D eigenvalue weighted by atomic mass is 16.5. The molecule has 0 spiro atoms. The first-order chi connectivity index (χ1) is 16.8. The molecule has 2 N–H and O–H groups in total. The Bertz CT molecular complexity index is 1200. The van der Waals surface area contributed by atoms with Crippen molar-refractivity contribution in [2.75, 3.05) is 14.2 Å². The number of nitrogens with zero attached hydrogens (tertiary/aromatic N) is 2. The second-order valence-corrected chi connectivity index (χ2v) is 9.49. The second-order valence-electron chi connectivity index (χ2n) is 9.49. The molecule has 1 fully saturated rings. The third-order valence-electron chi connectivity index (χ3n) is 6.99. The van der Waals surface area contributed by atoms with E-state index >= 15 is 0 Å². The number of carbonyl (C=O) groups is 1. The first-order valence-corrected chi connectivity index (χ1v) is 12.1. The third kappa shape index (κ3) is 5.35. The fourth-order valence-electron chi connectivity index (χ4n) is 4.97. The molecule has 0 radical (unpaired) electrons. The van der Waals surface area contributed by atoms with Gasteiger partial charge in [-0.3, -0.25) is 9.48 Å². The Kier molecular flexibility index (Phi) is 7.45. The first kappa shape index (κ1) is 24.8. The van der Waals surface area contributed by atoms with Crippen molar-refractivity contribution in [2.24, 2.45) is 7.05 Å². The Morgan fingerprint density at radius 2 is 2.00 bits per heavy atom. The van der Waals surface area contributed by atoms with Gasteiger partial charge < -0.3 is 19.9 Å². The number of hydrogen-bond acceptors (Lipinski definition) is 5. The van der Waals surface area contributed by atoms with Gasteiger partial charge in [0.25, 0.3) is 5.91 Å². The molecule has 0 bridgehead atoms. The van der Waals surface area contributed by atoms with Crippen LogP contribution in [0.15, 0.2) is 42.7 Å². The van der Waals surface area contributed by atoms with E-state index in [4.69, 9.17) is 9.47 Å². The maximum absolute atomic E-state index is 13.4. The molecule has 7 nitrogen and oxygen atoms in total. The predicted octanol–water partition coefficient (Wildman–Crippen LogP) is 4.92. The van der Waals surface area contributed by atoms with E-state index in [0.717, 1.165) is 53.5 Å². The molecule has 0 saturated heterocycles. The van der Waals surface area contributed by atoms with Crippen molar-refractivity contribution in [3.8, 4) is 22.6 Å². The molecule has 186 valence electrons. The first-order valence-electron chi connectivity index (χ1n) is 12.1. The van der Waals surface area contributed by atoms with Crippen LogP contribution in [0.4, 0.5) is 0 Å². The highest BCUT2D eigenvalue weighted by molar-refractivity contribution is 5.96. The molecule has 1 aliphatic rings. The molecule has 3 aromatic rings. The Labute approximate surface area is 207 Å². The van der Waals surface area contributed by atoms with Crippen LogP contribution in [-0.4, -0.2) is 41.1 Å². The number of benzene rings is 2. The quantitative estimate of drug-likeness (QED) is 0.504. The summed E-state index contributed by atoms with van der Waals surface area (Å²) in [7, 11) is 5.09. The minimum atomic E-state index is -0.266. The molecule has 3 atom stereocenters. The molecule has 35 heavy (non-hydrogen) atoms. The van der Waals surface area contributed by atoms with E-state index in [1.54, 1.807) is 25.1 Å². The zero-order chi connectivity index (χ0) is 25.1. The van der Waals surface area contributed by atoms with Crippen molar-refractivity contribution in [3.63, 3.8) is 0 Å². The third-order valence-corrected chi connectivity index (χ3v) is 6.99. The molecule has 1 saturated carbocycles. The Morgan fingerprint density at radius 3 is 2.66 bits per heavy atom. The standard InChI is InChI=1S/C28H35N3O4/c1-17-9-10-20(19-7-6-8-23(32)11-19)12-24(17)28(33)30-18(2)21-13-25(22-15-29-31(3)16-22)27(35-5)26(14-21)34-4/h9-10,12-16,18-19,23,32H,6-8,11H2,1-5H3,(H,30,33)/t18-,19?,23?/m1/s1. The largest absolute Gasteiger partial charge is 0.493 e. The second kappa shape index (κ2) is 10.5. The number of aromatic nitrogens is 2. The minimum absolute atomic E-state index is 0.120. The summed E-state index contributed by atoms with van der Waals surface area (Å²) in [5, 5.41) is 17.5. The number of amides is 1. The molecule has 4 rings (SSSR count). The summed E-state index contributed by atoms with van der Waals surface area (Å²) < 4.78 is 13.0. The Balaban J connectivity index is 1.61. The molecule has 1 aromatic heterocycles. The Morgan fingerprint density at radius 1 is 1.20 bits per heavy atom. The van der Waals surface area contributed by atoms with Gasteiger partial charge in [-0.05, 0) is 73.9 Å². The normalized spacial score (nSPS) is 18.7. The molecule has 2 aromatic carbocycles. The van der Waals surface area contributed by atoms with E-state index in [-0.39, 0.29) is 24.0 Å². The number of nitrogens with one attached hydrogen (secondary N) is 1. The lowest BCUT2D eigenvalue weighted by Crippen LogP contribution is -2.27. The van der Waals surface area contributed by atoms with Crippen LogP contribution in [0.5, 0.6) is 11.5 Å². The van der Waals surface area contributed by atoms with Crippen LogP contribution in [0.2, 0.25) is 0 Å². The van der Waals surface area contributed by atoms with Gasteiger partial charge in [-0.15, -0.1) is 0 Å². The van der Waals surface area contributed by atoms with Crippen molar-refractivity contribution < 1.29 is 19.4 Å². The van der Waals surface area contributed by atoms with E-state index in [1.807, 2.05) is 51.4 Å². The van der Waals surface area contributed by atoms with Gasteiger partial charge in [-0.1, -0.05) is 18.6 Å². The number of aliphatic hydroxyl groups excluding tert-OH is 1. The monoisotopic (exact) mass is 477 g/mol. The number of hydrogen-bond donors (Lipinski definition) is 2. The molecule has 1 amide bonds. The van der Waals surface area contributed by atoms with E-state index in [0.29, 0.717) is 17.1 Å². The molecule has 7 heteroatoms. The van der Waals surface area contributed by atoms with Crippen LogP contribution in [0.25, 0.3) is 11.1 Å². The molecule has 1 aliphatic carbocycles. The number of methoxy groups -OCH3 is 2. The van der Waals surface area contributed by atoms with Gasteiger partial charge >= 0.3 is 0 Å². The molecular formula is C28H35N3O4. The minimum Gasteiger partial charge on any atom is -0.493 e. The van der Waals surface area contributed by atoms with Crippen LogP contribution in [0.1, 0.15) is 71.6 Å². The fraction of sp³-hybridized carbons (Fsp3) is 0.429. The smallest absolute Gasteiger partial charge is 0.252 e. The maximum atomic E-state index is 13.4. The lowest BCUT2D eigenvalue weighted by Gasteiger charge is -2.27. The molecule has 0 aliphatic heterocycles. The molecule has 2 unspecified atom stereocenters. The average molecular weight is 478 g/mol. The number of carbonyl (C=O) groups excluding carboxylic acids is 1. The van der Waals surface area contributed by atoms with Gasteiger partial charge in [0.2, 0.25) is 0 Å². The highest BCUT2D eigenvalue weighted by Crippen LogP contribution is 2.40. The summed E-state index contributed by atoms with van der Waals surface area (Å²) in [5.41, 5.74) is 5.38. The van der Waals surface area contributed by atoms with Crippen molar-refractivity contribution in [1.82, 2.24) is 15.1 Å². The number of aliphatic hydroxyl groups is 1. The lowest BCUT2D eigenvalue weighted by molar-refractivity contribution is 0.0939. The SMILES string of the molecule is COc1cc([C@@H](C)NC(=O)c2cc(C3CCCC(O)C3)ccc2C)cc(-c2cnn(C)c2)c1OC. The van der Waals surface area contributed by atoms with Crippen molar-refractivity contribution in [1.29, 1.82) is 0 Å². The van der Waals surface area contributed by atoms with Crippen LogP contribution in [0, 0.1) is 6.92 Å².